The van der Waals surface area contributed by atoms with Gasteiger partial charge in [0.15, 0.2) is 6.29 Å². The van der Waals surface area contributed by atoms with Gasteiger partial charge in [-0.2, -0.15) is 0 Å². The molecule has 0 aliphatic rings. The van der Waals surface area contributed by atoms with Crippen molar-refractivity contribution in [2.45, 2.75) is 147 Å². The van der Waals surface area contributed by atoms with Crippen LogP contribution in [0, 0.1) is 5.92 Å². The molecule has 0 bridgehead atoms. The number of carbonyl (C=O) groups is 1. The molecule has 0 saturated heterocycles. The summed E-state index contributed by atoms with van der Waals surface area (Å²) in [6, 6.07) is 0. The van der Waals surface area contributed by atoms with E-state index in [2.05, 4.69) is 26.5 Å². The van der Waals surface area contributed by atoms with E-state index in [4.69, 9.17) is 14.6 Å². The van der Waals surface area contributed by atoms with Gasteiger partial charge in [0.2, 0.25) is 5.34 Å². The Kier molecular flexibility index (Phi) is 22.1. The van der Waals surface area contributed by atoms with E-state index in [-0.39, 0.29) is 5.44 Å². The van der Waals surface area contributed by atoms with Crippen molar-refractivity contribution in [1.82, 2.24) is 0 Å². The molecule has 2 N–H and O–H groups in total. The third-order valence-corrected chi connectivity index (χ3v) is 7.55. The van der Waals surface area contributed by atoms with Crippen LogP contribution >= 0.6 is 21.1 Å². The Hall–Kier alpha value is -0.0700. The summed E-state index contributed by atoms with van der Waals surface area (Å²) in [5.74, 6) is -0.995. The lowest BCUT2D eigenvalue weighted by Gasteiger charge is -2.26. The van der Waals surface area contributed by atoms with Crippen LogP contribution in [-0.4, -0.2) is 39.9 Å². The van der Waals surface area contributed by atoms with Crippen LogP contribution in [-0.2, 0) is 18.8 Å². The fraction of sp³-hybridized carbons (Fsp3) is 0.962. The first kappa shape index (κ1) is 33.9. The summed E-state index contributed by atoms with van der Waals surface area (Å²) >= 11 is 4.63. The molecule has 0 aromatic carbocycles. The molecule has 0 heterocycles. The third-order valence-electron chi connectivity index (χ3n) is 6.41. The quantitative estimate of drug-likeness (QED) is 0.0497. The van der Waals surface area contributed by atoms with Gasteiger partial charge in [0.25, 0.3) is 0 Å². The molecule has 5 unspecified atom stereocenters. The maximum Gasteiger partial charge on any atom is 0.345 e. The Labute approximate surface area is 215 Å². The molecule has 0 amide bonds. The number of hydrogen-bond donors (Lipinski definition) is 3. The van der Waals surface area contributed by atoms with E-state index in [0.717, 1.165) is 6.42 Å². The highest BCUT2D eigenvalue weighted by Gasteiger charge is 2.36. The summed E-state index contributed by atoms with van der Waals surface area (Å²) < 4.78 is 22.5. The molecule has 0 aliphatic heterocycles. The number of unbranched alkanes of at least 4 members (excludes halogenated alkanes) is 11. The predicted molar refractivity (Wildman–Crippen MR) is 146 cm³/mol. The molecule has 204 valence electrons. The molecular formula is C26H53O6PS. The van der Waals surface area contributed by atoms with E-state index < -0.39 is 32.7 Å². The van der Waals surface area contributed by atoms with Crippen LogP contribution in [0.2, 0.25) is 0 Å². The predicted octanol–water partition coefficient (Wildman–Crippen LogP) is 7.44. The molecule has 0 aromatic rings. The van der Waals surface area contributed by atoms with Gasteiger partial charge in [0, 0.05) is 0 Å². The number of hydrogen-bond acceptors (Lipinski definition) is 6. The van der Waals surface area contributed by atoms with Gasteiger partial charge in [0.05, 0.1) is 6.61 Å². The fourth-order valence-corrected chi connectivity index (χ4v) is 4.82. The van der Waals surface area contributed by atoms with E-state index in [1.54, 1.807) is 0 Å². The van der Waals surface area contributed by atoms with Crippen LogP contribution in [0.4, 0.5) is 0 Å². The lowest BCUT2D eigenvalue weighted by atomic mass is 9.92. The zero-order chi connectivity index (χ0) is 25.7. The Bertz CT molecular complexity index is 510. The highest BCUT2D eigenvalue weighted by Crippen LogP contribution is 2.27. The second-order valence-electron chi connectivity index (χ2n) is 9.65. The van der Waals surface area contributed by atoms with Crippen molar-refractivity contribution in [3.63, 3.8) is 0 Å². The van der Waals surface area contributed by atoms with Crippen LogP contribution in [0.15, 0.2) is 0 Å². The lowest BCUT2D eigenvalue weighted by molar-refractivity contribution is -0.183. The summed E-state index contributed by atoms with van der Waals surface area (Å²) in [6.07, 6.45) is 20.0. The number of carboxylic acid groups (broad SMARTS) is 1. The van der Waals surface area contributed by atoms with Crippen molar-refractivity contribution in [2.24, 2.45) is 5.92 Å². The van der Waals surface area contributed by atoms with Crippen molar-refractivity contribution in [3.05, 3.63) is 0 Å². The van der Waals surface area contributed by atoms with Crippen LogP contribution in [0.25, 0.3) is 0 Å². The second kappa shape index (κ2) is 22.2. The van der Waals surface area contributed by atoms with Gasteiger partial charge in [-0.1, -0.05) is 117 Å². The Morgan fingerprint density at radius 1 is 0.882 bits per heavy atom. The molecule has 8 heteroatoms. The number of ether oxygens (including phenoxy) is 2. The molecule has 34 heavy (non-hydrogen) atoms. The maximum absolute atomic E-state index is 11.1. The molecule has 0 rings (SSSR count). The normalized spacial score (nSPS) is 16.5. The Morgan fingerprint density at radius 2 is 1.35 bits per heavy atom. The molecule has 0 radical (unpaired) electrons. The Balaban J connectivity index is 4.37. The minimum Gasteiger partial charge on any atom is -0.479 e. The average molecular weight is 525 g/mol. The summed E-state index contributed by atoms with van der Waals surface area (Å²) in [4.78, 5) is 11.1. The monoisotopic (exact) mass is 524 g/mol. The summed E-state index contributed by atoms with van der Waals surface area (Å²) in [5, 5.41) is 16.6. The average Bonchev–Trinajstić information content (AvgIpc) is 2.82. The maximum atomic E-state index is 11.1. The van der Waals surface area contributed by atoms with Crippen molar-refractivity contribution >= 4 is 27.1 Å². The number of aliphatic hydroxyl groups is 1. The smallest absolute Gasteiger partial charge is 0.345 e. The molecule has 0 saturated carbocycles. The van der Waals surface area contributed by atoms with Gasteiger partial charge in [-0.05, 0) is 18.8 Å². The van der Waals surface area contributed by atoms with Gasteiger partial charge < -0.3 is 24.3 Å². The summed E-state index contributed by atoms with van der Waals surface area (Å²) in [6.45, 7) is 5.77. The first-order valence-corrected chi connectivity index (χ1v) is 15.3. The van der Waals surface area contributed by atoms with Crippen LogP contribution in [0.5, 0.6) is 0 Å². The van der Waals surface area contributed by atoms with Crippen molar-refractivity contribution in [2.75, 3.05) is 6.61 Å². The first-order valence-electron chi connectivity index (χ1n) is 13.7. The topological polar surface area (TPSA) is 93.1 Å². The highest BCUT2D eigenvalue weighted by atomic mass is 32.1. The molecule has 0 fully saturated rings. The second-order valence-corrected chi connectivity index (χ2v) is 11.4. The van der Waals surface area contributed by atoms with E-state index in [1.165, 1.54) is 96.3 Å². The zero-order valence-electron chi connectivity index (χ0n) is 22.0. The van der Waals surface area contributed by atoms with Crippen molar-refractivity contribution in [1.29, 1.82) is 0 Å². The third kappa shape index (κ3) is 17.4. The lowest BCUT2D eigenvalue weighted by Crippen LogP contribution is -2.39. The minimum absolute atomic E-state index is 0.322. The SMILES string of the molecule is CCCCCCCCCCCCC(CCCCC)CC(S)OC(CC)OCC(O)([PH2]=O)C(=O)O. The highest BCUT2D eigenvalue weighted by molar-refractivity contribution is 7.80. The van der Waals surface area contributed by atoms with Crippen molar-refractivity contribution in [3.8, 4) is 0 Å². The van der Waals surface area contributed by atoms with Crippen molar-refractivity contribution < 1.29 is 29.0 Å². The summed E-state index contributed by atoms with van der Waals surface area (Å²) in [5.41, 5.74) is -0.322. The summed E-state index contributed by atoms with van der Waals surface area (Å²) in [7, 11) is -1.93. The number of aliphatic carboxylic acids is 1. The van der Waals surface area contributed by atoms with Gasteiger partial charge in [0.1, 0.15) is 13.9 Å². The number of rotatable bonds is 25. The van der Waals surface area contributed by atoms with Gasteiger partial charge >= 0.3 is 5.97 Å². The van der Waals surface area contributed by atoms with E-state index >= 15 is 0 Å². The van der Waals surface area contributed by atoms with Crippen LogP contribution < -0.4 is 0 Å². The minimum atomic E-state index is -2.35. The van der Waals surface area contributed by atoms with E-state index in [0.29, 0.717) is 12.3 Å². The van der Waals surface area contributed by atoms with Gasteiger partial charge in [-0.3, -0.25) is 0 Å². The van der Waals surface area contributed by atoms with Crippen LogP contribution in [0.3, 0.4) is 0 Å². The number of carboxylic acids is 1. The van der Waals surface area contributed by atoms with E-state index in [1.807, 2.05) is 6.92 Å². The number of thiol groups is 1. The fourth-order valence-electron chi connectivity index (χ4n) is 4.12. The molecule has 0 aliphatic carbocycles. The zero-order valence-corrected chi connectivity index (χ0v) is 24.1. The van der Waals surface area contributed by atoms with Gasteiger partial charge in [-0.25, -0.2) is 4.79 Å². The standard InChI is InChI=1S/C26H53O6PS/c1-4-7-9-10-11-12-13-14-15-17-19-22(18-16-8-5-2)20-24(34)32-23(6-3)31-21-26(29,33-30)25(27)28/h22-24,29,34H,4-21,33H2,1-3H3,(H,27,28). The molecule has 0 aromatic heterocycles. The largest absolute Gasteiger partial charge is 0.479 e. The molecular weight excluding hydrogens is 471 g/mol. The molecule has 6 nitrogen and oxygen atoms in total. The first-order chi connectivity index (χ1) is 16.3. The molecule has 0 spiro atoms. The molecule has 5 atom stereocenters. The van der Waals surface area contributed by atoms with E-state index in [9.17, 15) is 14.5 Å². The Morgan fingerprint density at radius 3 is 1.82 bits per heavy atom. The van der Waals surface area contributed by atoms with Gasteiger partial charge in [-0.15, -0.1) is 12.6 Å². The van der Waals surface area contributed by atoms with Crippen LogP contribution in [0.1, 0.15) is 130 Å².